The highest BCUT2D eigenvalue weighted by molar-refractivity contribution is 4.54. The van der Waals surface area contributed by atoms with Crippen molar-refractivity contribution in [1.29, 1.82) is 0 Å². The van der Waals surface area contributed by atoms with E-state index < -0.39 is 0 Å². The summed E-state index contributed by atoms with van der Waals surface area (Å²) in [5.41, 5.74) is 5.39. The van der Waals surface area contributed by atoms with Gasteiger partial charge in [0.1, 0.15) is 0 Å². The maximum atomic E-state index is 5.39. The fourth-order valence-corrected chi connectivity index (χ4v) is 1.10. The second kappa shape index (κ2) is 12.5. The Labute approximate surface area is 70.3 Å². The molecule has 0 rings (SSSR count). The Kier molecular flexibility index (Phi) is 15.4. The van der Waals surface area contributed by atoms with Gasteiger partial charge in [0.2, 0.25) is 0 Å². The molecule has 0 fully saturated rings. The molecule has 0 aliphatic heterocycles. The van der Waals surface area contributed by atoms with E-state index in [1.54, 1.807) is 0 Å². The van der Waals surface area contributed by atoms with Gasteiger partial charge in [-0.1, -0.05) is 26.7 Å². The van der Waals surface area contributed by atoms with Gasteiger partial charge in [-0.3, -0.25) is 11.7 Å². The Balaban J connectivity index is 0. The first-order chi connectivity index (χ1) is 5.35. The Morgan fingerprint density at radius 1 is 1.09 bits per heavy atom. The predicted octanol–water partition coefficient (Wildman–Crippen LogP) is 0.980. The number of nitrogens with two attached hydrogens (primary N) is 3. The minimum Gasteiger partial charge on any atom is -0.330 e. The van der Waals surface area contributed by atoms with E-state index >= 15 is 0 Å². The summed E-state index contributed by atoms with van der Waals surface area (Å²) in [6.07, 6.45) is 5.16. The van der Waals surface area contributed by atoms with Gasteiger partial charge in [-0.15, -0.1) is 0 Å². The van der Waals surface area contributed by atoms with E-state index in [1.807, 2.05) is 0 Å². The maximum Gasteiger partial charge on any atom is -0.00772 e. The van der Waals surface area contributed by atoms with Crippen LogP contribution in [0.5, 0.6) is 0 Å². The topological polar surface area (TPSA) is 78.1 Å². The third-order valence-corrected chi connectivity index (χ3v) is 1.97. The largest absolute Gasteiger partial charge is 0.330 e. The third-order valence-electron chi connectivity index (χ3n) is 1.97. The van der Waals surface area contributed by atoms with Crippen molar-refractivity contribution in [3.05, 3.63) is 0 Å². The van der Waals surface area contributed by atoms with Crippen molar-refractivity contribution in [3.8, 4) is 0 Å². The lowest BCUT2D eigenvalue weighted by molar-refractivity contribution is 0.444. The van der Waals surface area contributed by atoms with Crippen molar-refractivity contribution in [2.24, 2.45) is 23.3 Å². The van der Waals surface area contributed by atoms with E-state index in [4.69, 9.17) is 5.73 Å². The molecule has 0 bridgehead atoms. The SMILES string of the molecule is CCC(CC)CCCN.NN. The van der Waals surface area contributed by atoms with Gasteiger partial charge >= 0.3 is 0 Å². The van der Waals surface area contributed by atoms with E-state index in [2.05, 4.69) is 25.5 Å². The average molecular weight is 161 g/mol. The standard InChI is InChI=1S/C8H19N.H4N2/c1-3-8(4-2)6-5-7-9;1-2/h8H,3-7,9H2,1-2H3;1-2H2. The molecule has 0 aromatic carbocycles. The lowest BCUT2D eigenvalue weighted by atomic mass is 9.98. The molecule has 0 saturated heterocycles. The third kappa shape index (κ3) is 9.88. The molecule has 0 heterocycles. The molecule has 0 aliphatic rings. The molecular formula is C8H23N3. The normalized spacial score (nSPS) is 9.27. The van der Waals surface area contributed by atoms with Crippen molar-refractivity contribution in [3.63, 3.8) is 0 Å². The van der Waals surface area contributed by atoms with Crippen LogP contribution in [0.2, 0.25) is 0 Å². The quantitative estimate of drug-likeness (QED) is 0.415. The zero-order chi connectivity index (χ0) is 9.11. The van der Waals surface area contributed by atoms with E-state index in [0.717, 1.165) is 12.5 Å². The summed E-state index contributed by atoms with van der Waals surface area (Å²) < 4.78 is 0. The van der Waals surface area contributed by atoms with Crippen LogP contribution >= 0.6 is 0 Å². The lowest BCUT2D eigenvalue weighted by Gasteiger charge is -2.09. The van der Waals surface area contributed by atoms with Gasteiger partial charge < -0.3 is 5.73 Å². The summed E-state index contributed by atoms with van der Waals surface area (Å²) in [7, 11) is 0. The van der Waals surface area contributed by atoms with Gasteiger partial charge in [0.15, 0.2) is 0 Å². The molecule has 3 heteroatoms. The molecule has 70 valence electrons. The molecule has 3 nitrogen and oxygen atoms in total. The van der Waals surface area contributed by atoms with Crippen LogP contribution in [0.3, 0.4) is 0 Å². The number of rotatable bonds is 5. The van der Waals surface area contributed by atoms with Crippen molar-refractivity contribution in [2.75, 3.05) is 6.54 Å². The lowest BCUT2D eigenvalue weighted by Crippen LogP contribution is -2.03. The summed E-state index contributed by atoms with van der Waals surface area (Å²) in [6.45, 7) is 5.37. The van der Waals surface area contributed by atoms with E-state index in [0.29, 0.717) is 0 Å². The fourth-order valence-electron chi connectivity index (χ4n) is 1.10. The first kappa shape index (κ1) is 13.5. The van der Waals surface area contributed by atoms with Crippen molar-refractivity contribution in [1.82, 2.24) is 0 Å². The smallest absolute Gasteiger partial charge is 0.00772 e. The second-order valence-electron chi connectivity index (χ2n) is 2.61. The van der Waals surface area contributed by atoms with Crippen LogP contribution in [0.15, 0.2) is 0 Å². The molecule has 0 unspecified atom stereocenters. The molecule has 11 heavy (non-hydrogen) atoms. The minimum absolute atomic E-state index is 0.858. The second-order valence-corrected chi connectivity index (χ2v) is 2.61. The molecule has 0 spiro atoms. The van der Waals surface area contributed by atoms with Crippen LogP contribution in [0.25, 0.3) is 0 Å². The highest BCUT2D eigenvalue weighted by atomic mass is 15.0. The van der Waals surface area contributed by atoms with Crippen LogP contribution < -0.4 is 17.4 Å². The minimum atomic E-state index is 0.858. The molecular weight excluding hydrogens is 138 g/mol. The summed E-state index contributed by atoms with van der Waals surface area (Å²) in [6, 6.07) is 0. The Morgan fingerprint density at radius 3 is 1.82 bits per heavy atom. The Hall–Kier alpha value is -0.120. The average Bonchev–Trinajstić information content (AvgIpc) is 2.10. The van der Waals surface area contributed by atoms with Crippen LogP contribution in [-0.2, 0) is 0 Å². The summed E-state index contributed by atoms with van der Waals surface area (Å²) >= 11 is 0. The number of hydrogen-bond acceptors (Lipinski definition) is 3. The van der Waals surface area contributed by atoms with Gasteiger partial charge in [0, 0.05) is 0 Å². The molecule has 0 atom stereocenters. The van der Waals surface area contributed by atoms with Crippen LogP contribution in [0.1, 0.15) is 39.5 Å². The monoisotopic (exact) mass is 161 g/mol. The zero-order valence-electron chi connectivity index (χ0n) is 7.84. The number of hydrazine groups is 1. The fraction of sp³-hybridized carbons (Fsp3) is 1.00. The van der Waals surface area contributed by atoms with E-state index in [-0.39, 0.29) is 0 Å². The van der Waals surface area contributed by atoms with Crippen LogP contribution in [0.4, 0.5) is 0 Å². The molecule has 0 amide bonds. The summed E-state index contributed by atoms with van der Waals surface area (Å²) in [5, 5.41) is 0. The van der Waals surface area contributed by atoms with Gasteiger partial charge in [-0.2, -0.15) is 0 Å². The molecule has 0 saturated carbocycles. The van der Waals surface area contributed by atoms with Crippen molar-refractivity contribution >= 4 is 0 Å². The molecule has 0 aromatic heterocycles. The molecule has 0 aliphatic carbocycles. The Bertz CT molecular complexity index is 53.3. The molecule has 0 radical (unpaired) electrons. The Morgan fingerprint density at radius 2 is 1.55 bits per heavy atom. The number of hydrogen-bond donors (Lipinski definition) is 3. The zero-order valence-corrected chi connectivity index (χ0v) is 7.84. The first-order valence-corrected chi connectivity index (χ1v) is 4.38. The predicted molar refractivity (Wildman–Crippen MR) is 50.7 cm³/mol. The van der Waals surface area contributed by atoms with Crippen molar-refractivity contribution in [2.45, 2.75) is 39.5 Å². The highest BCUT2D eigenvalue weighted by Crippen LogP contribution is 2.13. The van der Waals surface area contributed by atoms with E-state index in [1.165, 1.54) is 25.7 Å². The molecule has 6 N–H and O–H groups in total. The first-order valence-electron chi connectivity index (χ1n) is 4.38. The van der Waals surface area contributed by atoms with Gasteiger partial charge in [0.25, 0.3) is 0 Å². The molecule has 0 aromatic rings. The highest BCUT2D eigenvalue weighted by Gasteiger charge is 2.00. The van der Waals surface area contributed by atoms with Gasteiger partial charge in [0.05, 0.1) is 0 Å². The van der Waals surface area contributed by atoms with E-state index in [9.17, 15) is 0 Å². The van der Waals surface area contributed by atoms with Crippen LogP contribution in [-0.4, -0.2) is 6.54 Å². The van der Waals surface area contributed by atoms with Gasteiger partial charge in [-0.05, 0) is 25.3 Å². The summed E-state index contributed by atoms with van der Waals surface area (Å²) in [4.78, 5) is 0. The van der Waals surface area contributed by atoms with Crippen LogP contribution in [0, 0.1) is 5.92 Å². The summed E-state index contributed by atoms with van der Waals surface area (Å²) in [5.74, 6) is 8.92. The maximum absolute atomic E-state index is 5.39. The van der Waals surface area contributed by atoms with Crippen molar-refractivity contribution < 1.29 is 0 Å². The van der Waals surface area contributed by atoms with Gasteiger partial charge in [-0.25, -0.2) is 0 Å².